The molecule has 1 fully saturated rings. The summed E-state index contributed by atoms with van der Waals surface area (Å²) in [5.41, 5.74) is 0. The summed E-state index contributed by atoms with van der Waals surface area (Å²) < 4.78 is 4.54. The molecule has 10 heavy (non-hydrogen) atoms. The van der Waals surface area contributed by atoms with Gasteiger partial charge >= 0.3 is 0 Å². The first kappa shape index (κ1) is 7.90. The van der Waals surface area contributed by atoms with E-state index in [4.69, 9.17) is 20.4 Å². The maximum absolute atomic E-state index is 8.93. The van der Waals surface area contributed by atoms with Crippen LogP contribution in [0.2, 0.25) is 0 Å². The van der Waals surface area contributed by atoms with Crippen molar-refractivity contribution in [2.75, 3.05) is 6.61 Å². The zero-order valence-corrected chi connectivity index (χ0v) is 5.21. The second kappa shape index (κ2) is 2.81. The third kappa shape index (κ3) is 1.14. The van der Waals surface area contributed by atoms with Gasteiger partial charge in [0.25, 0.3) is 0 Å². The molecule has 4 N–H and O–H groups in total. The lowest BCUT2D eigenvalue weighted by Crippen LogP contribution is -2.33. The summed E-state index contributed by atoms with van der Waals surface area (Å²) in [6, 6.07) is 0. The minimum absolute atomic E-state index is 0.407. The fourth-order valence-corrected chi connectivity index (χ4v) is 0.880. The lowest BCUT2D eigenvalue weighted by Gasteiger charge is -2.09. The van der Waals surface area contributed by atoms with E-state index in [0.717, 1.165) is 0 Å². The van der Waals surface area contributed by atoms with Gasteiger partial charge in [0.05, 0.1) is 6.61 Å². The topological polar surface area (TPSA) is 90.2 Å². The van der Waals surface area contributed by atoms with Crippen molar-refractivity contribution in [3.05, 3.63) is 0 Å². The lowest BCUT2D eigenvalue weighted by molar-refractivity contribution is -0.132. The Morgan fingerprint density at radius 2 is 1.70 bits per heavy atom. The highest BCUT2D eigenvalue weighted by atomic mass is 16.6. The molecule has 1 aliphatic rings. The van der Waals surface area contributed by atoms with Crippen LogP contribution in [-0.4, -0.2) is 51.6 Å². The molecule has 1 aliphatic heterocycles. The van der Waals surface area contributed by atoms with Gasteiger partial charge in [0.15, 0.2) is 6.29 Å². The van der Waals surface area contributed by atoms with Gasteiger partial charge in [-0.2, -0.15) is 0 Å². The number of aliphatic hydroxyl groups is 4. The third-order valence-corrected chi connectivity index (χ3v) is 1.52. The first-order chi connectivity index (χ1) is 4.66. The Balaban J connectivity index is 2.53. The molecule has 1 rings (SSSR count). The Morgan fingerprint density at radius 1 is 1.10 bits per heavy atom. The summed E-state index contributed by atoms with van der Waals surface area (Å²) in [6.07, 6.45) is -4.76. The molecule has 60 valence electrons. The number of ether oxygens (including phenoxy) is 1. The van der Waals surface area contributed by atoms with Gasteiger partial charge in [0, 0.05) is 0 Å². The summed E-state index contributed by atoms with van der Waals surface area (Å²) >= 11 is 0. The molecule has 0 aliphatic carbocycles. The van der Waals surface area contributed by atoms with E-state index in [0.29, 0.717) is 0 Å². The van der Waals surface area contributed by atoms with Crippen LogP contribution in [0, 0.1) is 0 Å². The van der Waals surface area contributed by atoms with Crippen molar-refractivity contribution < 1.29 is 25.2 Å². The van der Waals surface area contributed by atoms with Gasteiger partial charge in [-0.05, 0) is 0 Å². The zero-order chi connectivity index (χ0) is 7.72. The fraction of sp³-hybridized carbons (Fsp3) is 1.00. The maximum atomic E-state index is 8.93. The zero-order valence-electron chi connectivity index (χ0n) is 5.21. The molecule has 0 amide bonds. The highest BCUT2D eigenvalue weighted by Crippen LogP contribution is 2.18. The third-order valence-electron chi connectivity index (χ3n) is 1.52. The molecule has 0 aromatic rings. The Morgan fingerprint density at radius 3 is 1.90 bits per heavy atom. The van der Waals surface area contributed by atoms with E-state index in [9.17, 15) is 0 Å². The van der Waals surface area contributed by atoms with Crippen LogP contribution < -0.4 is 0 Å². The normalized spacial score (nSPS) is 48.0. The molecule has 5 heteroatoms. The summed E-state index contributed by atoms with van der Waals surface area (Å²) in [5, 5.41) is 35.0. The monoisotopic (exact) mass is 150 g/mol. The molecule has 0 spiro atoms. The summed E-state index contributed by atoms with van der Waals surface area (Å²) in [5.74, 6) is 0. The summed E-state index contributed by atoms with van der Waals surface area (Å²) in [6.45, 7) is -0.407. The standard InChI is InChI=1S/C5H10O5/c6-1-2-3(7)4(8)5(9)10-2/h2-9H,1H2/t2?,3?,4-,5?/m0/s1. The molecular weight excluding hydrogens is 140 g/mol. The molecule has 0 bridgehead atoms. The minimum atomic E-state index is -1.38. The molecular formula is C5H10O5. The lowest BCUT2D eigenvalue weighted by atomic mass is 10.1. The van der Waals surface area contributed by atoms with Gasteiger partial charge < -0.3 is 25.2 Å². The first-order valence-electron chi connectivity index (χ1n) is 2.97. The van der Waals surface area contributed by atoms with Crippen LogP contribution in [0.1, 0.15) is 0 Å². The molecule has 0 saturated carbocycles. The average Bonchev–Trinajstić information content (AvgIpc) is 2.17. The van der Waals surface area contributed by atoms with E-state index in [1.807, 2.05) is 0 Å². The van der Waals surface area contributed by atoms with Crippen molar-refractivity contribution in [3.8, 4) is 0 Å². The second-order valence-corrected chi connectivity index (χ2v) is 2.23. The highest BCUT2D eigenvalue weighted by Gasteiger charge is 2.41. The molecule has 0 aromatic carbocycles. The van der Waals surface area contributed by atoms with Crippen LogP contribution in [0.4, 0.5) is 0 Å². The smallest absolute Gasteiger partial charge is 0.184 e. The highest BCUT2D eigenvalue weighted by molar-refractivity contribution is 4.84. The SMILES string of the molecule is OCC1OC(O)[C@@H](O)C1O. The van der Waals surface area contributed by atoms with Crippen molar-refractivity contribution in [1.82, 2.24) is 0 Å². The average molecular weight is 150 g/mol. The van der Waals surface area contributed by atoms with Crippen LogP contribution in [0.25, 0.3) is 0 Å². The molecule has 0 radical (unpaired) electrons. The van der Waals surface area contributed by atoms with Gasteiger partial charge in [0.2, 0.25) is 0 Å². The minimum Gasteiger partial charge on any atom is -0.394 e. The molecule has 1 saturated heterocycles. The van der Waals surface area contributed by atoms with Gasteiger partial charge in [-0.1, -0.05) is 0 Å². The molecule has 1 heterocycles. The van der Waals surface area contributed by atoms with Crippen LogP contribution in [0.5, 0.6) is 0 Å². The predicted molar refractivity (Wildman–Crippen MR) is 30.0 cm³/mol. The van der Waals surface area contributed by atoms with Gasteiger partial charge in [0.1, 0.15) is 18.3 Å². The van der Waals surface area contributed by atoms with Crippen LogP contribution >= 0.6 is 0 Å². The Hall–Kier alpha value is -0.200. The molecule has 3 unspecified atom stereocenters. The Bertz CT molecular complexity index is 117. The second-order valence-electron chi connectivity index (χ2n) is 2.23. The molecule has 4 atom stereocenters. The van der Waals surface area contributed by atoms with Gasteiger partial charge in [-0.3, -0.25) is 0 Å². The van der Waals surface area contributed by atoms with Crippen LogP contribution in [0.15, 0.2) is 0 Å². The van der Waals surface area contributed by atoms with Crippen molar-refractivity contribution in [2.24, 2.45) is 0 Å². The van der Waals surface area contributed by atoms with Gasteiger partial charge in [-0.15, -0.1) is 0 Å². The van der Waals surface area contributed by atoms with E-state index >= 15 is 0 Å². The van der Waals surface area contributed by atoms with Crippen molar-refractivity contribution in [2.45, 2.75) is 24.6 Å². The number of hydrogen-bond acceptors (Lipinski definition) is 5. The molecule has 5 nitrogen and oxygen atoms in total. The Kier molecular flexibility index (Phi) is 2.22. The van der Waals surface area contributed by atoms with Crippen molar-refractivity contribution in [1.29, 1.82) is 0 Å². The maximum Gasteiger partial charge on any atom is 0.184 e. The van der Waals surface area contributed by atoms with E-state index in [-0.39, 0.29) is 0 Å². The predicted octanol–water partition coefficient (Wildman–Crippen LogP) is -2.58. The molecule has 0 aromatic heterocycles. The van der Waals surface area contributed by atoms with Crippen LogP contribution in [-0.2, 0) is 4.74 Å². The van der Waals surface area contributed by atoms with Gasteiger partial charge in [-0.25, -0.2) is 0 Å². The van der Waals surface area contributed by atoms with E-state index in [2.05, 4.69) is 4.74 Å². The van der Waals surface area contributed by atoms with Crippen LogP contribution in [0.3, 0.4) is 0 Å². The summed E-state index contributed by atoms with van der Waals surface area (Å²) in [4.78, 5) is 0. The van der Waals surface area contributed by atoms with E-state index in [1.54, 1.807) is 0 Å². The van der Waals surface area contributed by atoms with Crippen molar-refractivity contribution >= 4 is 0 Å². The largest absolute Gasteiger partial charge is 0.394 e. The quantitative estimate of drug-likeness (QED) is 0.329. The van der Waals surface area contributed by atoms with Crippen molar-refractivity contribution in [3.63, 3.8) is 0 Å². The first-order valence-corrected chi connectivity index (χ1v) is 2.97. The summed E-state index contributed by atoms with van der Waals surface area (Å²) in [7, 11) is 0. The van der Waals surface area contributed by atoms with E-state index in [1.165, 1.54) is 0 Å². The van der Waals surface area contributed by atoms with E-state index < -0.39 is 31.2 Å². The number of rotatable bonds is 1. The number of hydrogen-bond donors (Lipinski definition) is 4. The fourth-order valence-electron chi connectivity index (χ4n) is 0.880. The number of aliphatic hydroxyl groups excluding tert-OH is 4. The Labute approximate surface area is 57.5 Å².